The minimum atomic E-state index is -0.985. The van der Waals surface area contributed by atoms with Gasteiger partial charge in [-0.25, -0.2) is 4.79 Å². The van der Waals surface area contributed by atoms with E-state index in [-0.39, 0.29) is 5.57 Å². The number of rotatable bonds is 2. The van der Waals surface area contributed by atoms with Gasteiger partial charge in [-0.15, -0.1) is 0 Å². The molecule has 2 aromatic rings. The Hall–Kier alpha value is -2.03. The van der Waals surface area contributed by atoms with E-state index in [0.29, 0.717) is 5.56 Å². The second-order valence-electron chi connectivity index (χ2n) is 3.54. The van der Waals surface area contributed by atoms with E-state index < -0.39 is 5.97 Å². The molecule has 0 bridgehead atoms. The maximum absolute atomic E-state index is 10.7. The largest absolute Gasteiger partial charge is 0.478 e. The first-order chi connectivity index (χ1) is 7.08. The van der Waals surface area contributed by atoms with Crippen molar-refractivity contribution in [3.8, 4) is 0 Å². The number of carboxylic acid groups (broad SMARTS) is 1. The smallest absolute Gasteiger partial charge is 0.335 e. The normalized spacial score (nSPS) is 10.5. The maximum atomic E-state index is 10.7. The molecule has 0 aliphatic carbocycles. The Bertz CT molecular complexity index is 552. The van der Waals surface area contributed by atoms with Crippen molar-refractivity contribution in [2.45, 2.75) is 6.92 Å². The van der Waals surface area contributed by atoms with Gasteiger partial charge in [0, 0.05) is 16.6 Å². The van der Waals surface area contributed by atoms with E-state index in [1.54, 1.807) is 6.07 Å². The van der Waals surface area contributed by atoms with Crippen LogP contribution in [0.4, 0.5) is 0 Å². The molecule has 0 saturated heterocycles. The fourth-order valence-corrected chi connectivity index (χ4v) is 1.59. The van der Waals surface area contributed by atoms with Crippen LogP contribution in [0.15, 0.2) is 30.8 Å². The van der Waals surface area contributed by atoms with Crippen LogP contribution in [0.5, 0.6) is 0 Å². The number of nitrogens with one attached hydrogen (secondary N) is 1. The predicted molar refractivity (Wildman–Crippen MR) is 59.7 cm³/mol. The summed E-state index contributed by atoms with van der Waals surface area (Å²) in [7, 11) is 0. The first kappa shape index (κ1) is 9.52. The molecule has 1 aromatic carbocycles. The van der Waals surface area contributed by atoms with Gasteiger partial charge >= 0.3 is 5.97 Å². The Morgan fingerprint density at radius 1 is 1.40 bits per heavy atom. The Balaban J connectivity index is 2.55. The fraction of sp³-hybridized carbons (Fsp3) is 0.0833. The minimum absolute atomic E-state index is 0.121. The number of hydrogen-bond acceptors (Lipinski definition) is 1. The summed E-state index contributed by atoms with van der Waals surface area (Å²) in [6.45, 7) is 5.49. The fourth-order valence-electron chi connectivity index (χ4n) is 1.59. The second kappa shape index (κ2) is 3.28. The van der Waals surface area contributed by atoms with Gasteiger partial charge in [-0.2, -0.15) is 0 Å². The van der Waals surface area contributed by atoms with Crippen LogP contribution in [0.1, 0.15) is 11.3 Å². The number of hydrogen-bond donors (Lipinski definition) is 2. The lowest BCUT2D eigenvalue weighted by Gasteiger charge is -2.00. The van der Waals surface area contributed by atoms with Crippen LogP contribution < -0.4 is 0 Å². The van der Waals surface area contributed by atoms with Gasteiger partial charge in [0.25, 0.3) is 0 Å². The summed E-state index contributed by atoms with van der Waals surface area (Å²) in [4.78, 5) is 13.9. The average molecular weight is 201 g/mol. The summed E-state index contributed by atoms with van der Waals surface area (Å²) in [5, 5.41) is 9.81. The third kappa shape index (κ3) is 1.64. The van der Waals surface area contributed by atoms with Gasteiger partial charge in [0.2, 0.25) is 0 Å². The molecule has 0 atom stereocenters. The molecule has 0 aliphatic rings. The zero-order valence-corrected chi connectivity index (χ0v) is 8.37. The zero-order chi connectivity index (χ0) is 11.0. The lowest BCUT2D eigenvalue weighted by molar-refractivity contribution is -0.130. The lowest BCUT2D eigenvalue weighted by Crippen LogP contribution is -1.97. The number of carbonyl (C=O) groups is 1. The van der Waals surface area contributed by atoms with Crippen LogP contribution in [-0.4, -0.2) is 16.1 Å². The molecule has 0 aliphatic heterocycles. The van der Waals surface area contributed by atoms with Gasteiger partial charge in [0.15, 0.2) is 0 Å². The van der Waals surface area contributed by atoms with E-state index in [4.69, 9.17) is 5.11 Å². The average Bonchev–Trinajstić information content (AvgIpc) is 2.55. The summed E-state index contributed by atoms with van der Waals surface area (Å²) >= 11 is 0. The molecule has 0 unspecified atom stereocenters. The van der Waals surface area contributed by atoms with Gasteiger partial charge in [-0.1, -0.05) is 12.6 Å². The number of aliphatic carboxylic acids is 1. The van der Waals surface area contributed by atoms with Gasteiger partial charge in [0.05, 0.1) is 5.57 Å². The zero-order valence-electron chi connectivity index (χ0n) is 8.37. The van der Waals surface area contributed by atoms with E-state index in [2.05, 4.69) is 11.6 Å². The van der Waals surface area contributed by atoms with Crippen molar-refractivity contribution in [3.63, 3.8) is 0 Å². The summed E-state index contributed by atoms with van der Waals surface area (Å²) in [6.07, 6.45) is 0. The first-order valence-electron chi connectivity index (χ1n) is 4.60. The van der Waals surface area contributed by atoms with Crippen molar-refractivity contribution >= 4 is 22.4 Å². The van der Waals surface area contributed by atoms with E-state index in [1.807, 2.05) is 25.1 Å². The topological polar surface area (TPSA) is 53.1 Å². The molecular formula is C12H11NO2. The highest BCUT2D eigenvalue weighted by atomic mass is 16.4. The maximum Gasteiger partial charge on any atom is 0.335 e. The van der Waals surface area contributed by atoms with Crippen molar-refractivity contribution in [3.05, 3.63) is 42.1 Å². The van der Waals surface area contributed by atoms with Crippen LogP contribution >= 0.6 is 0 Å². The summed E-state index contributed by atoms with van der Waals surface area (Å²) < 4.78 is 0. The van der Waals surface area contributed by atoms with Crippen molar-refractivity contribution in [1.82, 2.24) is 4.98 Å². The minimum Gasteiger partial charge on any atom is -0.478 e. The predicted octanol–water partition coefficient (Wildman–Crippen LogP) is 2.57. The number of carboxylic acids is 1. The number of aromatic nitrogens is 1. The molecule has 2 rings (SSSR count). The quantitative estimate of drug-likeness (QED) is 0.734. The highest BCUT2D eigenvalue weighted by molar-refractivity contribution is 6.15. The molecule has 0 fully saturated rings. The number of H-pyrrole nitrogens is 1. The highest BCUT2D eigenvalue weighted by Crippen LogP contribution is 2.20. The Morgan fingerprint density at radius 3 is 2.80 bits per heavy atom. The molecule has 1 aromatic heterocycles. The van der Waals surface area contributed by atoms with Crippen molar-refractivity contribution in [1.29, 1.82) is 0 Å². The number of aromatic amines is 1. The summed E-state index contributed by atoms with van der Waals surface area (Å²) in [6, 6.07) is 7.43. The standard InChI is InChI=1S/C12H11NO2/c1-7-5-10-6-9(8(2)12(14)15)3-4-11(10)13-7/h3-6,13H,2H2,1H3,(H,14,15). The molecular weight excluding hydrogens is 190 g/mol. The summed E-state index contributed by atoms with van der Waals surface area (Å²) in [5.41, 5.74) is 2.84. The third-order valence-corrected chi connectivity index (χ3v) is 2.36. The van der Waals surface area contributed by atoms with Crippen molar-refractivity contribution in [2.75, 3.05) is 0 Å². The molecule has 3 nitrogen and oxygen atoms in total. The van der Waals surface area contributed by atoms with E-state index in [0.717, 1.165) is 16.6 Å². The van der Waals surface area contributed by atoms with E-state index in [1.165, 1.54) is 0 Å². The first-order valence-corrected chi connectivity index (χ1v) is 4.60. The van der Waals surface area contributed by atoms with E-state index >= 15 is 0 Å². The Morgan fingerprint density at radius 2 is 2.13 bits per heavy atom. The molecule has 15 heavy (non-hydrogen) atoms. The Kier molecular flexibility index (Phi) is 2.08. The molecule has 2 N–H and O–H groups in total. The third-order valence-electron chi connectivity index (χ3n) is 2.36. The molecule has 0 spiro atoms. The number of fused-ring (bicyclic) bond motifs is 1. The molecule has 3 heteroatoms. The monoisotopic (exact) mass is 201 g/mol. The lowest BCUT2D eigenvalue weighted by atomic mass is 10.1. The van der Waals surface area contributed by atoms with Crippen LogP contribution in [-0.2, 0) is 4.79 Å². The van der Waals surface area contributed by atoms with Crippen LogP contribution in [0.25, 0.3) is 16.5 Å². The molecule has 0 saturated carbocycles. The van der Waals surface area contributed by atoms with Gasteiger partial charge in [-0.05, 0) is 30.7 Å². The van der Waals surface area contributed by atoms with E-state index in [9.17, 15) is 4.79 Å². The van der Waals surface area contributed by atoms with Crippen LogP contribution in [0.3, 0.4) is 0 Å². The van der Waals surface area contributed by atoms with Crippen LogP contribution in [0, 0.1) is 6.92 Å². The number of benzene rings is 1. The van der Waals surface area contributed by atoms with Gasteiger partial charge < -0.3 is 10.1 Å². The van der Waals surface area contributed by atoms with Crippen LogP contribution in [0.2, 0.25) is 0 Å². The van der Waals surface area contributed by atoms with Gasteiger partial charge in [-0.3, -0.25) is 0 Å². The SMILES string of the molecule is C=C(C(=O)O)c1ccc2[nH]c(C)cc2c1. The second-order valence-corrected chi connectivity index (χ2v) is 3.54. The molecule has 76 valence electrons. The summed E-state index contributed by atoms with van der Waals surface area (Å²) in [5.74, 6) is -0.985. The van der Waals surface area contributed by atoms with Gasteiger partial charge in [0.1, 0.15) is 0 Å². The highest BCUT2D eigenvalue weighted by Gasteiger charge is 2.08. The van der Waals surface area contributed by atoms with Crippen molar-refractivity contribution < 1.29 is 9.90 Å². The molecule has 0 amide bonds. The number of aryl methyl sites for hydroxylation is 1. The Labute approximate surface area is 87.0 Å². The molecule has 1 heterocycles. The van der Waals surface area contributed by atoms with Crippen molar-refractivity contribution in [2.24, 2.45) is 0 Å². The molecule has 0 radical (unpaired) electrons.